The molecule has 2 heteroatoms. The fourth-order valence-corrected chi connectivity index (χ4v) is 9.33. The number of nitrogens with zero attached hydrogens (tertiary/aromatic N) is 1. The lowest BCUT2D eigenvalue weighted by Gasteiger charge is -2.34. The summed E-state index contributed by atoms with van der Waals surface area (Å²) in [5.41, 5.74) is 13.0. The van der Waals surface area contributed by atoms with Crippen LogP contribution in [0.5, 0.6) is 0 Å². The van der Waals surface area contributed by atoms with Gasteiger partial charge < -0.3 is 0 Å². The molecule has 0 unspecified atom stereocenters. The molecule has 224 valence electrons. The summed E-state index contributed by atoms with van der Waals surface area (Å²) in [7, 11) is 0. The molecule has 0 atom stereocenters. The normalized spacial score (nSPS) is 13.2. The number of aromatic nitrogens is 1. The van der Waals surface area contributed by atoms with Crippen LogP contribution >= 0.6 is 11.3 Å². The second-order valence-electron chi connectivity index (χ2n) is 12.6. The molecule has 0 saturated heterocycles. The van der Waals surface area contributed by atoms with Crippen LogP contribution < -0.4 is 0 Å². The third-order valence-corrected chi connectivity index (χ3v) is 11.3. The van der Waals surface area contributed by atoms with E-state index in [-0.39, 0.29) is 0 Å². The molecule has 0 N–H and O–H groups in total. The van der Waals surface area contributed by atoms with Gasteiger partial charge in [0.2, 0.25) is 0 Å². The van der Waals surface area contributed by atoms with Gasteiger partial charge in [0.15, 0.2) is 0 Å². The number of hydrogen-bond acceptors (Lipinski definition) is 2. The summed E-state index contributed by atoms with van der Waals surface area (Å²) >= 11 is 1.86. The summed E-state index contributed by atoms with van der Waals surface area (Å²) in [6.45, 7) is 0. The molecule has 10 rings (SSSR count). The van der Waals surface area contributed by atoms with Gasteiger partial charge >= 0.3 is 0 Å². The van der Waals surface area contributed by atoms with Gasteiger partial charge in [-0.2, -0.15) is 0 Å². The highest BCUT2D eigenvalue weighted by atomic mass is 32.1. The van der Waals surface area contributed by atoms with E-state index in [0.29, 0.717) is 0 Å². The van der Waals surface area contributed by atoms with Crippen LogP contribution in [0.3, 0.4) is 0 Å². The zero-order valence-corrected chi connectivity index (χ0v) is 26.9. The lowest BCUT2D eigenvalue weighted by molar-refractivity contribution is 0.769. The van der Waals surface area contributed by atoms with Crippen molar-refractivity contribution in [2.45, 2.75) is 5.41 Å². The summed E-state index contributed by atoms with van der Waals surface area (Å²) < 4.78 is 2.59. The van der Waals surface area contributed by atoms with Crippen molar-refractivity contribution in [3.63, 3.8) is 0 Å². The Kier molecular flexibility index (Phi) is 6.03. The number of thiophene rings is 1. The molecule has 7 aromatic carbocycles. The van der Waals surface area contributed by atoms with E-state index in [0.717, 1.165) is 16.8 Å². The van der Waals surface area contributed by atoms with Crippen molar-refractivity contribution in [1.82, 2.24) is 4.98 Å². The van der Waals surface area contributed by atoms with Crippen molar-refractivity contribution < 1.29 is 0 Å². The Bertz CT molecular complexity index is 2630. The molecule has 0 amide bonds. The molecule has 9 aromatic rings. The van der Waals surface area contributed by atoms with Crippen LogP contribution in [0.1, 0.15) is 22.3 Å². The SMILES string of the molecule is c1ccc(C2(c3ccccc3)c3ccccc3-c3ccc(-c4cccc(-c5nc6ccccc6c6sc7ccccc7c56)c4)cc32)cc1. The first-order chi connectivity index (χ1) is 23.8. The van der Waals surface area contributed by atoms with Crippen LogP contribution in [-0.4, -0.2) is 4.98 Å². The highest BCUT2D eigenvalue weighted by Crippen LogP contribution is 2.56. The molecule has 0 radical (unpaired) electrons. The molecular formula is C46H29NS. The highest BCUT2D eigenvalue weighted by molar-refractivity contribution is 7.26. The van der Waals surface area contributed by atoms with Crippen LogP contribution in [0.2, 0.25) is 0 Å². The quantitative estimate of drug-likeness (QED) is 0.189. The third kappa shape index (κ3) is 3.87. The number of para-hydroxylation sites is 1. The molecule has 1 nitrogen and oxygen atoms in total. The zero-order valence-electron chi connectivity index (χ0n) is 26.1. The average Bonchev–Trinajstić information content (AvgIpc) is 3.70. The van der Waals surface area contributed by atoms with Crippen molar-refractivity contribution in [1.29, 1.82) is 0 Å². The van der Waals surface area contributed by atoms with Crippen LogP contribution in [0.4, 0.5) is 0 Å². The minimum Gasteiger partial charge on any atom is -0.247 e. The molecule has 0 bridgehead atoms. The van der Waals surface area contributed by atoms with Gasteiger partial charge in [0.25, 0.3) is 0 Å². The van der Waals surface area contributed by atoms with Gasteiger partial charge in [-0.1, -0.05) is 152 Å². The van der Waals surface area contributed by atoms with Gasteiger partial charge in [-0.05, 0) is 68.8 Å². The molecular weight excluding hydrogens is 599 g/mol. The molecule has 48 heavy (non-hydrogen) atoms. The number of rotatable bonds is 4. The number of benzene rings is 7. The molecule has 2 heterocycles. The summed E-state index contributed by atoms with van der Waals surface area (Å²) in [5, 5.41) is 3.72. The number of fused-ring (bicyclic) bond motifs is 8. The third-order valence-electron chi connectivity index (χ3n) is 10.1. The second-order valence-corrected chi connectivity index (χ2v) is 13.7. The predicted octanol–water partition coefficient (Wildman–Crippen LogP) is 12.3. The van der Waals surface area contributed by atoms with Crippen molar-refractivity contribution in [3.8, 4) is 33.5 Å². The van der Waals surface area contributed by atoms with E-state index in [2.05, 4.69) is 176 Å². The smallest absolute Gasteiger partial charge is 0.0803 e. The minimum absolute atomic E-state index is 0.427. The Morgan fingerprint density at radius 3 is 1.88 bits per heavy atom. The van der Waals surface area contributed by atoms with Gasteiger partial charge in [0.1, 0.15) is 0 Å². The Morgan fingerprint density at radius 2 is 1.06 bits per heavy atom. The van der Waals surface area contributed by atoms with Crippen molar-refractivity contribution in [2.24, 2.45) is 0 Å². The van der Waals surface area contributed by atoms with Crippen LogP contribution in [0.25, 0.3) is 64.6 Å². The molecule has 0 aliphatic heterocycles. The van der Waals surface area contributed by atoms with Gasteiger partial charge in [0.05, 0.1) is 16.6 Å². The van der Waals surface area contributed by atoms with Crippen LogP contribution in [-0.2, 0) is 5.41 Å². The standard InChI is InChI=1S/C46H29NS/c1-3-16-33(17-4-1)46(34-18-5-2-6-19-34)39-23-10-7-20-35(39)36-27-26-31(29-40(36)46)30-14-13-15-32(28-30)44-43-38-22-9-12-25-42(38)48-45(43)37-21-8-11-24-41(37)47-44/h1-29H. The van der Waals surface area contributed by atoms with Crippen LogP contribution in [0, 0.1) is 0 Å². The summed E-state index contributed by atoms with van der Waals surface area (Å²) in [5.74, 6) is 0. The predicted molar refractivity (Wildman–Crippen MR) is 203 cm³/mol. The van der Waals surface area contributed by atoms with E-state index in [9.17, 15) is 0 Å². The number of pyridine rings is 1. The first kappa shape index (κ1) is 27.3. The molecule has 2 aromatic heterocycles. The molecule has 1 aliphatic carbocycles. The van der Waals surface area contributed by atoms with Gasteiger partial charge in [0, 0.05) is 31.1 Å². The summed E-state index contributed by atoms with van der Waals surface area (Å²) in [6.07, 6.45) is 0. The van der Waals surface area contributed by atoms with Gasteiger partial charge in [-0.3, -0.25) is 0 Å². The van der Waals surface area contributed by atoms with E-state index in [1.807, 2.05) is 11.3 Å². The van der Waals surface area contributed by atoms with Crippen molar-refractivity contribution in [2.75, 3.05) is 0 Å². The lowest BCUT2D eigenvalue weighted by atomic mass is 9.67. The largest absolute Gasteiger partial charge is 0.247 e. The highest BCUT2D eigenvalue weighted by Gasteiger charge is 2.46. The van der Waals surface area contributed by atoms with Crippen molar-refractivity contribution >= 4 is 42.4 Å². The van der Waals surface area contributed by atoms with E-state index >= 15 is 0 Å². The Balaban J connectivity index is 1.21. The average molecular weight is 628 g/mol. The summed E-state index contributed by atoms with van der Waals surface area (Å²) in [6, 6.07) is 64.3. The van der Waals surface area contributed by atoms with Crippen molar-refractivity contribution in [3.05, 3.63) is 198 Å². The summed E-state index contributed by atoms with van der Waals surface area (Å²) in [4.78, 5) is 5.32. The van der Waals surface area contributed by atoms with E-state index in [1.165, 1.54) is 70.1 Å². The van der Waals surface area contributed by atoms with Gasteiger partial charge in [-0.25, -0.2) is 4.98 Å². The maximum atomic E-state index is 5.32. The van der Waals surface area contributed by atoms with E-state index in [1.54, 1.807) is 0 Å². The Labute approximate surface area is 283 Å². The first-order valence-electron chi connectivity index (χ1n) is 16.5. The minimum atomic E-state index is -0.427. The fraction of sp³-hybridized carbons (Fsp3) is 0.0217. The Morgan fingerprint density at radius 1 is 0.438 bits per heavy atom. The molecule has 0 spiro atoms. The maximum absolute atomic E-state index is 5.32. The maximum Gasteiger partial charge on any atom is 0.0803 e. The Hall–Kier alpha value is -5.83. The second kappa shape index (κ2) is 10.6. The topological polar surface area (TPSA) is 12.9 Å². The monoisotopic (exact) mass is 627 g/mol. The first-order valence-corrected chi connectivity index (χ1v) is 17.3. The fourth-order valence-electron chi connectivity index (χ4n) is 8.09. The molecule has 0 fully saturated rings. The van der Waals surface area contributed by atoms with E-state index < -0.39 is 5.41 Å². The van der Waals surface area contributed by atoms with Gasteiger partial charge in [-0.15, -0.1) is 11.3 Å². The zero-order chi connectivity index (χ0) is 31.7. The lowest BCUT2D eigenvalue weighted by Crippen LogP contribution is -2.28. The molecule has 0 saturated carbocycles. The molecule has 1 aliphatic rings. The van der Waals surface area contributed by atoms with E-state index in [4.69, 9.17) is 4.98 Å². The van der Waals surface area contributed by atoms with Crippen LogP contribution in [0.15, 0.2) is 176 Å². The number of hydrogen-bond donors (Lipinski definition) is 0.